The summed E-state index contributed by atoms with van der Waals surface area (Å²) in [5, 5.41) is 11.4. The van der Waals surface area contributed by atoms with Crippen LogP contribution in [0.3, 0.4) is 0 Å². The minimum Gasteiger partial charge on any atom is -0.479 e. The van der Waals surface area contributed by atoms with Crippen LogP contribution in [0.5, 0.6) is 5.95 Å². The second-order valence-corrected chi connectivity index (χ2v) is 5.85. The van der Waals surface area contributed by atoms with Gasteiger partial charge in [-0.3, -0.25) is 4.99 Å². The number of benzene rings is 2. The molecule has 0 unspecified atom stereocenters. The van der Waals surface area contributed by atoms with Crippen molar-refractivity contribution in [2.75, 3.05) is 0 Å². The summed E-state index contributed by atoms with van der Waals surface area (Å²) in [4.78, 5) is 8.37. The number of rotatable bonds is 3. The number of hydrogen-bond donors (Lipinski definition) is 1. The SMILES string of the molecule is Oc1oc(-c2ccc(Cl)cc2)nc1C=Nc1cc(Cl)ccc1Cl. The van der Waals surface area contributed by atoms with Crippen molar-refractivity contribution in [3.8, 4) is 17.4 Å². The highest BCUT2D eigenvalue weighted by Crippen LogP contribution is 2.30. The van der Waals surface area contributed by atoms with E-state index in [9.17, 15) is 5.11 Å². The molecule has 0 fully saturated rings. The molecule has 0 amide bonds. The number of aromatic nitrogens is 1. The number of oxazole rings is 1. The summed E-state index contributed by atoms with van der Waals surface area (Å²) in [6.07, 6.45) is 1.36. The van der Waals surface area contributed by atoms with Crippen molar-refractivity contribution in [3.63, 3.8) is 0 Å². The lowest BCUT2D eigenvalue weighted by Crippen LogP contribution is -1.83. The summed E-state index contributed by atoms with van der Waals surface area (Å²) in [5.41, 5.74) is 1.34. The predicted octanol–water partition coefficient (Wildman–Crippen LogP) is 5.76. The van der Waals surface area contributed by atoms with Gasteiger partial charge in [0.25, 0.3) is 0 Å². The van der Waals surface area contributed by atoms with Crippen LogP contribution in [0.2, 0.25) is 15.1 Å². The first-order valence-corrected chi connectivity index (χ1v) is 7.61. The zero-order valence-corrected chi connectivity index (χ0v) is 13.8. The zero-order chi connectivity index (χ0) is 16.4. The van der Waals surface area contributed by atoms with Crippen molar-refractivity contribution >= 4 is 46.7 Å². The Morgan fingerprint density at radius 2 is 1.70 bits per heavy atom. The van der Waals surface area contributed by atoms with E-state index in [1.54, 1.807) is 42.5 Å². The van der Waals surface area contributed by atoms with E-state index in [0.717, 1.165) is 0 Å². The molecule has 1 N–H and O–H groups in total. The Balaban J connectivity index is 1.90. The minimum atomic E-state index is -0.336. The molecule has 0 radical (unpaired) electrons. The maximum absolute atomic E-state index is 9.84. The predicted molar refractivity (Wildman–Crippen MR) is 92.3 cm³/mol. The van der Waals surface area contributed by atoms with Crippen molar-refractivity contribution < 1.29 is 9.52 Å². The number of hydrogen-bond acceptors (Lipinski definition) is 4. The Bertz CT molecular complexity index is 874. The molecule has 2 aromatic carbocycles. The van der Waals surface area contributed by atoms with Gasteiger partial charge >= 0.3 is 5.95 Å². The van der Waals surface area contributed by atoms with Gasteiger partial charge in [0.15, 0.2) is 5.69 Å². The molecule has 1 aromatic heterocycles. The van der Waals surface area contributed by atoms with Gasteiger partial charge < -0.3 is 9.52 Å². The van der Waals surface area contributed by atoms with E-state index < -0.39 is 0 Å². The molecule has 4 nitrogen and oxygen atoms in total. The first-order chi connectivity index (χ1) is 11.0. The molecule has 0 bridgehead atoms. The van der Waals surface area contributed by atoms with Crippen LogP contribution in [-0.4, -0.2) is 16.3 Å². The van der Waals surface area contributed by atoms with Gasteiger partial charge in [-0.05, 0) is 42.5 Å². The third kappa shape index (κ3) is 3.67. The quantitative estimate of drug-likeness (QED) is 0.599. The third-order valence-electron chi connectivity index (χ3n) is 2.96. The maximum atomic E-state index is 9.84. The van der Waals surface area contributed by atoms with E-state index in [2.05, 4.69) is 9.98 Å². The van der Waals surface area contributed by atoms with Crippen LogP contribution in [0.15, 0.2) is 51.9 Å². The average Bonchev–Trinajstić information content (AvgIpc) is 2.90. The van der Waals surface area contributed by atoms with E-state index in [1.807, 2.05) is 0 Å². The van der Waals surface area contributed by atoms with Crippen molar-refractivity contribution in [2.45, 2.75) is 0 Å². The molecule has 3 aromatic rings. The topological polar surface area (TPSA) is 58.6 Å². The van der Waals surface area contributed by atoms with Gasteiger partial charge in [-0.1, -0.05) is 34.8 Å². The summed E-state index contributed by atoms with van der Waals surface area (Å²) < 4.78 is 5.23. The van der Waals surface area contributed by atoms with Crippen molar-refractivity contribution in [3.05, 3.63) is 63.2 Å². The summed E-state index contributed by atoms with van der Waals surface area (Å²) >= 11 is 17.8. The first kappa shape index (κ1) is 15.9. The summed E-state index contributed by atoms with van der Waals surface area (Å²) in [6, 6.07) is 11.8. The van der Waals surface area contributed by atoms with Crippen LogP contribution in [0.4, 0.5) is 5.69 Å². The number of nitrogens with zero attached hydrogens (tertiary/aromatic N) is 2. The standard InChI is InChI=1S/C16H9Cl3N2O2/c17-10-3-1-9(2-4-10)15-21-14(16(22)23-15)8-20-13-7-11(18)5-6-12(13)19/h1-8,22H. The normalized spacial score (nSPS) is 11.3. The van der Waals surface area contributed by atoms with E-state index >= 15 is 0 Å². The fourth-order valence-electron chi connectivity index (χ4n) is 1.84. The first-order valence-electron chi connectivity index (χ1n) is 6.48. The van der Waals surface area contributed by atoms with Crippen LogP contribution in [0.25, 0.3) is 11.5 Å². The Kier molecular flexibility index (Phi) is 4.57. The zero-order valence-electron chi connectivity index (χ0n) is 11.5. The van der Waals surface area contributed by atoms with E-state index in [-0.39, 0.29) is 17.5 Å². The Morgan fingerprint density at radius 1 is 1.00 bits per heavy atom. The smallest absolute Gasteiger partial charge is 0.312 e. The molecular weight excluding hydrogens is 359 g/mol. The Hall–Kier alpha value is -2.01. The van der Waals surface area contributed by atoms with E-state index in [0.29, 0.717) is 26.3 Å². The van der Waals surface area contributed by atoms with Gasteiger partial charge in [0.1, 0.15) is 0 Å². The van der Waals surface area contributed by atoms with Gasteiger partial charge in [0.2, 0.25) is 5.89 Å². The maximum Gasteiger partial charge on any atom is 0.312 e. The molecular formula is C16H9Cl3N2O2. The fraction of sp³-hybridized carbons (Fsp3) is 0. The van der Waals surface area contributed by atoms with Crippen LogP contribution in [-0.2, 0) is 0 Å². The summed E-state index contributed by atoms with van der Waals surface area (Å²) in [5.74, 6) is -0.0744. The average molecular weight is 368 g/mol. The monoisotopic (exact) mass is 366 g/mol. The molecule has 0 saturated heterocycles. The van der Waals surface area contributed by atoms with Gasteiger partial charge in [-0.15, -0.1) is 0 Å². The number of aliphatic imine (C=N–C) groups is 1. The van der Waals surface area contributed by atoms with Crippen LogP contribution >= 0.6 is 34.8 Å². The molecule has 0 aliphatic carbocycles. The molecule has 0 aliphatic heterocycles. The molecule has 0 atom stereocenters. The third-order valence-corrected chi connectivity index (χ3v) is 3.77. The molecule has 1 heterocycles. The Morgan fingerprint density at radius 3 is 2.43 bits per heavy atom. The number of aromatic hydroxyl groups is 1. The van der Waals surface area contributed by atoms with Gasteiger partial charge in [0.05, 0.1) is 16.9 Å². The lowest BCUT2D eigenvalue weighted by molar-refractivity contribution is 0.337. The van der Waals surface area contributed by atoms with Crippen molar-refractivity contribution in [2.24, 2.45) is 4.99 Å². The molecule has 3 rings (SSSR count). The van der Waals surface area contributed by atoms with Crippen molar-refractivity contribution in [1.29, 1.82) is 0 Å². The highest BCUT2D eigenvalue weighted by Gasteiger charge is 2.12. The summed E-state index contributed by atoms with van der Waals surface area (Å²) in [7, 11) is 0. The van der Waals surface area contributed by atoms with Gasteiger partial charge in [-0.25, -0.2) is 4.98 Å². The van der Waals surface area contributed by atoms with Gasteiger partial charge in [-0.2, -0.15) is 0 Å². The van der Waals surface area contributed by atoms with Crippen molar-refractivity contribution in [1.82, 2.24) is 4.98 Å². The minimum absolute atomic E-state index is 0.186. The van der Waals surface area contributed by atoms with Crippen LogP contribution in [0.1, 0.15) is 5.69 Å². The van der Waals surface area contributed by atoms with E-state index in [4.69, 9.17) is 39.2 Å². The highest BCUT2D eigenvalue weighted by molar-refractivity contribution is 6.35. The fourth-order valence-corrected chi connectivity index (χ4v) is 2.30. The van der Waals surface area contributed by atoms with Gasteiger partial charge in [0, 0.05) is 15.6 Å². The number of halogens is 3. The Labute approximate surface area is 147 Å². The van der Waals surface area contributed by atoms with E-state index in [1.165, 1.54) is 6.21 Å². The lowest BCUT2D eigenvalue weighted by atomic mass is 10.2. The second-order valence-electron chi connectivity index (χ2n) is 4.57. The molecule has 116 valence electrons. The molecule has 7 heteroatoms. The second kappa shape index (κ2) is 6.62. The van der Waals surface area contributed by atoms with Crippen LogP contribution in [0, 0.1) is 0 Å². The molecule has 0 spiro atoms. The lowest BCUT2D eigenvalue weighted by Gasteiger charge is -1.97. The highest BCUT2D eigenvalue weighted by atomic mass is 35.5. The largest absolute Gasteiger partial charge is 0.479 e. The molecule has 0 saturated carbocycles. The molecule has 23 heavy (non-hydrogen) atoms. The molecule has 0 aliphatic rings. The van der Waals surface area contributed by atoms with Crippen LogP contribution < -0.4 is 0 Å². The summed E-state index contributed by atoms with van der Waals surface area (Å²) in [6.45, 7) is 0.